The van der Waals surface area contributed by atoms with Crippen molar-refractivity contribution < 1.29 is 28.2 Å². The highest BCUT2D eigenvalue weighted by Gasteiger charge is 2.39. The number of morpholine rings is 1. The minimum absolute atomic E-state index is 0.187. The largest absolute Gasteiger partial charge is 0.466 e. The van der Waals surface area contributed by atoms with Gasteiger partial charge in [-0.3, -0.25) is 9.69 Å². The molecule has 3 heterocycles. The SMILES string of the molecule is COC(=O)C1=C(C)NC(C)=C(C(=O)OCCN2CCOCC2)C1c1cccc2c(=O)c3ccccc3oc12. The van der Waals surface area contributed by atoms with Crippen molar-refractivity contribution in [2.24, 2.45) is 0 Å². The van der Waals surface area contributed by atoms with Gasteiger partial charge < -0.3 is 23.9 Å². The number of hydrogen-bond donors (Lipinski definition) is 1. The third kappa shape index (κ3) is 4.70. The van der Waals surface area contributed by atoms with Crippen LogP contribution in [-0.4, -0.2) is 63.4 Å². The Bertz CT molecular complexity index is 1530. The van der Waals surface area contributed by atoms with Crippen LogP contribution in [0.5, 0.6) is 0 Å². The number of rotatable bonds is 6. The number of carbonyl (C=O) groups excluding carboxylic acids is 2. The molecule has 1 saturated heterocycles. The highest BCUT2D eigenvalue weighted by Crippen LogP contribution is 2.42. The van der Waals surface area contributed by atoms with Crippen molar-refractivity contribution in [3.8, 4) is 0 Å². The number of nitrogens with one attached hydrogen (secondary N) is 1. The topological polar surface area (TPSA) is 107 Å². The van der Waals surface area contributed by atoms with Crippen LogP contribution in [0.15, 0.2) is 74.2 Å². The van der Waals surface area contributed by atoms with E-state index >= 15 is 0 Å². The summed E-state index contributed by atoms with van der Waals surface area (Å²) in [5.41, 5.74) is 2.66. The van der Waals surface area contributed by atoms with Gasteiger partial charge in [0.25, 0.3) is 0 Å². The van der Waals surface area contributed by atoms with E-state index in [2.05, 4.69) is 10.2 Å². The maximum atomic E-state index is 13.6. The number of ether oxygens (including phenoxy) is 3. The van der Waals surface area contributed by atoms with Crippen LogP contribution in [0.4, 0.5) is 0 Å². The molecule has 2 aliphatic heterocycles. The molecule has 2 aromatic carbocycles. The molecule has 0 bridgehead atoms. The molecule has 0 saturated carbocycles. The van der Waals surface area contributed by atoms with Crippen molar-refractivity contribution in [1.29, 1.82) is 0 Å². The molecule has 1 atom stereocenters. The number of esters is 2. The second-order valence-electron chi connectivity index (χ2n) is 9.37. The van der Waals surface area contributed by atoms with E-state index in [0.717, 1.165) is 13.1 Å². The van der Waals surface area contributed by atoms with Gasteiger partial charge in [-0.15, -0.1) is 0 Å². The van der Waals surface area contributed by atoms with Crippen LogP contribution in [-0.2, 0) is 23.8 Å². The molecule has 1 aromatic heterocycles. The first kappa shape index (κ1) is 25.7. The zero-order chi connectivity index (χ0) is 26.8. The van der Waals surface area contributed by atoms with Gasteiger partial charge in [-0.2, -0.15) is 0 Å². The molecule has 1 fully saturated rings. The Morgan fingerprint density at radius 3 is 2.39 bits per heavy atom. The zero-order valence-corrected chi connectivity index (χ0v) is 21.7. The number of hydrogen-bond acceptors (Lipinski definition) is 9. The monoisotopic (exact) mass is 518 g/mol. The molecule has 0 spiro atoms. The van der Waals surface area contributed by atoms with E-state index in [-0.39, 0.29) is 23.2 Å². The summed E-state index contributed by atoms with van der Waals surface area (Å²) in [7, 11) is 1.29. The lowest BCUT2D eigenvalue weighted by Gasteiger charge is -2.31. The number of benzene rings is 2. The summed E-state index contributed by atoms with van der Waals surface area (Å²) in [5, 5.41) is 3.96. The van der Waals surface area contributed by atoms with Gasteiger partial charge in [0.15, 0.2) is 0 Å². The minimum Gasteiger partial charge on any atom is -0.466 e. The van der Waals surface area contributed by atoms with Crippen molar-refractivity contribution in [3.63, 3.8) is 0 Å². The summed E-state index contributed by atoms with van der Waals surface area (Å²) in [6.07, 6.45) is 0. The van der Waals surface area contributed by atoms with Gasteiger partial charge in [0, 0.05) is 36.6 Å². The van der Waals surface area contributed by atoms with E-state index in [4.69, 9.17) is 18.6 Å². The van der Waals surface area contributed by atoms with Gasteiger partial charge in [-0.1, -0.05) is 24.3 Å². The standard InChI is InChI=1S/C29H30N2O7/c1-17-23(28(33)35-3)25(24(18(2)30-17)29(34)37-16-13-31-11-14-36-15-12-31)20-8-6-9-21-26(32)19-7-4-5-10-22(19)38-27(20)21/h4-10,25,30H,11-16H2,1-3H3. The number of allylic oxidation sites excluding steroid dienone is 2. The smallest absolute Gasteiger partial charge is 0.336 e. The number of nitrogens with zero attached hydrogens (tertiary/aromatic N) is 1. The second-order valence-corrected chi connectivity index (χ2v) is 9.37. The summed E-state index contributed by atoms with van der Waals surface area (Å²) in [4.78, 5) is 42.2. The van der Waals surface area contributed by atoms with Crippen molar-refractivity contribution in [2.45, 2.75) is 19.8 Å². The molecule has 9 nitrogen and oxygen atoms in total. The van der Waals surface area contributed by atoms with E-state index in [1.165, 1.54) is 7.11 Å². The lowest BCUT2D eigenvalue weighted by Crippen LogP contribution is -2.39. The predicted molar refractivity (Wildman–Crippen MR) is 142 cm³/mol. The van der Waals surface area contributed by atoms with E-state index in [9.17, 15) is 14.4 Å². The van der Waals surface area contributed by atoms with E-state index in [1.807, 2.05) is 0 Å². The summed E-state index contributed by atoms with van der Waals surface area (Å²) in [6.45, 7) is 7.14. The molecule has 2 aliphatic rings. The van der Waals surface area contributed by atoms with Crippen LogP contribution in [0, 0.1) is 0 Å². The fraction of sp³-hybridized carbons (Fsp3) is 0.345. The highest BCUT2D eigenvalue weighted by molar-refractivity contribution is 6.02. The third-order valence-electron chi connectivity index (χ3n) is 7.07. The van der Waals surface area contributed by atoms with Crippen LogP contribution < -0.4 is 10.7 Å². The zero-order valence-electron chi connectivity index (χ0n) is 21.7. The molecule has 9 heteroatoms. The van der Waals surface area contributed by atoms with Crippen molar-refractivity contribution in [3.05, 3.63) is 80.8 Å². The van der Waals surface area contributed by atoms with E-state index in [1.54, 1.807) is 56.3 Å². The molecule has 0 amide bonds. The Morgan fingerprint density at radius 1 is 0.974 bits per heavy atom. The predicted octanol–water partition coefficient (Wildman–Crippen LogP) is 3.23. The number of dihydropyridines is 1. The lowest BCUT2D eigenvalue weighted by molar-refractivity contribution is -0.140. The summed E-state index contributed by atoms with van der Waals surface area (Å²) >= 11 is 0. The Kier molecular flexibility index (Phi) is 7.31. The van der Waals surface area contributed by atoms with Crippen LogP contribution in [0.3, 0.4) is 0 Å². The van der Waals surface area contributed by atoms with Crippen molar-refractivity contribution in [2.75, 3.05) is 46.6 Å². The molecule has 38 heavy (non-hydrogen) atoms. The fourth-order valence-corrected chi connectivity index (χ4v) is 5.20. The average molecular weight is 519 g/mol. The van der Waals surface area contributed by atoms with Gasteiger partial charge in [0.2, 0.25) is 5.43 Å². The first-order valence-electron chi connectivity index (χ1n) is 12.6. The van der Waals surface area contributed by atoms with E-state index < -0.39 is 17.9 Å². The Balaban J connectivity index is 1.60. The normalized spacial score (nSPS) is 18.6. The Labute approximate surface area is 219 Å². The summed E-state index contributed by atoms with van der Waals surface area (Å²) in [6, 6.07) is 12.2. The highest BCUT2D eigenvalue weighted by atomic mass is 16.5. The molecule has 1 unspecified atom stereocenters. The lowest BCUT2D eigenvalue weighted by atomic mass is 9.79. The van der Waals surface area contributed by atoms with Crippen molar-refractivity contribution >= 4 is 33.9 Å². The maximum absolute atomic E-state index is 13.6. The quantitative estimate of drug-likeness (QED) is 0.389. The molecule has 0 radical (unpaired) electrons. The van der Waals surface area contributed by atoms with Gasteiger partial charge in [0.05, 0.1) is 48.2 Å². The molecule has 0 aliphatic carbocycles. The van der Waals surface area contributed by atoms with Crippen LogP contribution in [0.2, 0.25) is 0 Å². The van der Waals surface area contributed by atoms with Crippen LogP contribution >= 0.6 is 0 Å². The number of carbonyl (C=O) groups is 2. The molecule has 5 rings (SSSR count). The van der Waals surface area contributed by atoms with E-state index in [0.29, 0.717) is 58.7 Å². The number of fused-ring (bicyclic) bond motifs is 2. The fourth-order valence-electron chi connectivity index (χ4n) is 5.20. The third-order valence-corrected chi connectivity index (χ3v) is 7.07. The molecule has 1 N–H and O–H groups in total. The number of para-hydroxylation sites is 2. The maximum Gasteiger partial charge on any atom is 0.336 e. The molecule has 3 aromatic rings. The molecular weight excluding hydrogens is 488 g/mol. The van der Waals surface area contributed by atoms with Crippen LogP contribution in [0.25, 0.3) is 21.9 Å². The van der Waals surface area contributed by atoms with Gasteiger partial charge in [-0.05, 0) is 32.0 Å². The van der Waals surface area contributed by atoms with Crippen LogP contribution in [0.1, 0.15) is 25.3 Å². The Hall–Kier alpha value is -3.95. The van der Waals surface area contributed by atoms with Crippen molar-refractivity contribution in [1.82, 2.24) is 10.2 Å². The first-order valence-corrected chi connectivity index (χ1v) is 12.6. The number of methoxy groups -OCH3 is 1. The second kappa shape index (κ2) is 10.8. The molecular formula is C29H30N2O7. The van der Waals surface area contributed by atoms with Gasteiger partial charge in [0.1, 0.15) is 17.8 Å². The van der Waals surface area contributed by atoms with Gasteiger partial charge >= 0.3 is 11.9 Å². The minimum atomic E-state index is -0.868. The first-order chi connectivity index (χ1) is 18.4. The summed E-state index contributed by atoms with van der Waals surface area (Å²) in [5.74, 6) is -2.01. The molecule has 198 valence electrons. The average Bonchev–Trinajstić information content (AvgIpc) is 2.92. The Morgan fingerprint density at radius 2 is 1.66 bits per heavy atom. The van der Waals surface area contributed by atoms with Gasteiger partial charge in [-0.25, -0.2) is 9.59 Å². The summed E-state index contributed by atoms with van der Waals surface area (Å²) < 4.78 is 22.5.